The van der Waals surface area contributed by atoms with Crippen LogP contribution in [0, 0.1) is 0 Å². The third-order valence-corrected chi connectivity index (χ3v) is 3.47. The fraction of sp³-hybridized carbons (Fsp3) is 0.176. The van der Waals surface area contributed by atoms with Gasteiger partial charge in [0.2, 0.25) is 5.89 Å². The zero-order chi connectivity index (χ0) is 15.0. The second-order valence-corrected chi connectivity index (χ2v) is 5.25. The number of fused-ring (bicyclic) bond motifs is 1. The highest BCUT2D eigenvalue weighted by Gasteiger charge is 2.15. The van der Waals surface area contributed by atoms with E-state index < -0.39 is 5.97 Å². The number of carboxylic acid groups (broad SMARTS) is 1. The van der Waals surface area contributed by atoms with E-state index in [0.717, 1.165) is 5.56 Å². The Bertz CT molecular complexity index is 801. The molecule has 3 aromatic rings. The van der Waals surface area contributed by atoms with Crippen LogP contribution in [0.5, 0.6) is 0 Å². The monoisotopic (exact) mass is 281 g/mol. The molecule has 1 aromatic heterocycles. The summed E-state index contributed by atoms with van der Waals surface area (Å²) in [4.78, 5) is 15.6. The Balaban J connectivity index is 2.09. The minimum atomic E-state index is -1.02. The van der Waals surface area contributed by atoms with Gasteiger partial charge in [0.1, 0.15) is 11.1 Å². The molecule has 0 fully saturated rings. The van der Waals surface area contributed by atoms with Gasteiger partial charge in [-0.2, -0.15) is 0 Å². The third-order valence-electron chi connectivity index (χ3n) is 3.47. The molecular weight excluding hydrogens is 266 g/mol. The average molecular weight is 281 g/mol. The molecule has 1 N–H and O–H groups in total. The molecule has 2 aromatic carbocycles. The van der Waals surface area contributed by atoms with Crippen LogP contribution in [0.4, 0.5) is 0 Å². The second kappa shape index (κ2) is 5.05. The van der Waals surface area contributed by atoms with Gasteiger partial charge >= 0.3 is 5.97 Å². The van der Waals surface area contributed by atoms with E-state index in [2.05, 4.69) is 18.8 Å². The van der Waals surface area contributed by atoms with Crippen LogP contribution in [-0.2, 0) is 0 Å². The first-order valence-corrected chi connectivity index (χ1v) is 6.79. The van der Waals surface area contributed by atoms with Crippen molar-refractivity contribution in [3.05, 3.63) is 53.6 Å². The summed E-state index contributed by atoms with van der Waals surface area (Å²) < 4.78 is 5.65. The van der Waals surface area contributed by atoms with E-state index in [9.17, 15) is 9.90 Å². The number of carboxylic acids is 1. The lowest BCUT2D eigenvalue weighted by Crippen LogP contribution is -1.95. The molecule has 0 unspecified atom stereocenters. The quantitative estimate of drug-likeness (QED) is 0.776. The Morgan fingerprint density at radius 1 is 1.14 bits per heavy atom. The summed E-state index contributed by atoms with van der Waals surface area (Å²) in [5.74, 6) is -0.117. The van der Waals surface area contributed by atoms with Gasteiger partial charge in [-0.25, -0.2) is 9.78 Å². The number of carbonyl (C=O) groups is 1. The van der Waals surface area contributed by atoms with E-state index in [0.29, 0.717) is 22.9 Å². The van der Waals surface area contributed by atoms with Crippen LogP contribution in [0.15, 0.2) is 46.9 Å². The summed E-state index contributed by atoms with van der Waals surface area (Å²) >= 11 is 0. The van der Waals surface area contributed by atoms with Crippen molar-refractivity contribution in [1.29, 1.82) is 0 Å². The van der Waals surface area contributed by atoms with E-state index in [-0.39, 0.29) is 5.56 Å². The van der Waals surface area contributed by atoms with E-state index in [4.69, 9.17) is 4.42 Å². The van der Waals surface area contributed by atoms with Crippen LogP contribution in [0.25, 0.3) is 22.6 Å². The molecular formula is C17H15NO3. The van der Waals surface area contributed by atoms with Crippen LogP contribution in [0.3, 0.4) is 0 Å². The summed E-state index contributed by atoms with van der Waals surface area (Å²) in [7, 11) is 0. The van der Waals surface area contributed by atoms with Gasteiger partial charge < -0.3 is 9.52 Å². The molecule has 0 saturated carbocycles. The maximum atomic E-state index is 11.2. The second-order valence-electron chi connectivity index (χ2n) is 5.25. The summed E-state index contributed by atoms with van der Waals surface area (Å²) in [6.45, 7) is 4.27. The summed E-state index contributed by atoms with van der Waals surface area (Å²) in [6, 6.07) is 12.9. The topological polar surface area (TPSA) is 63.3 Å². The number of benzene rings is 2. The van der Waals surface area contributed by atoms with E-state index in [1.165, 1.54) is 11.6 Å². The normalized spacial score (nSPS) is 11.2. The van der Waals surface area contributed by atoms with Gasteiger partial charge in [0, 0.05) is 5.56 Å². The summed E-state index contributed by atoms with van der Waals surface area (Å²) in [6.07, 6.45) is 0. The molecule has 0 radical (unpaired) electrons. The molecule has 0 aliphatic carbocycles. The zero-order valence-corrected chi connectivity index (χ0v) is 11.8. The van der Waals surface area contributed by atoms with Gasteiger partial charge in [-0.05, 0) is 35.7 Å². The van der Waals surface area contributed by atoms with Crippen LogP contribution in [0.1, 0.15) is 35.7 Å². The molecule has 1 heterocycles. The number of oxazole rings is 1. The van der Waals surface area contributed by atoms with Crippen molar-refractivity contribution in [1.82, 2.24) is 4.98 Å². The number of aromatic nitrogens is 1. The molecule has 3 rings (SSSR count). The van der Waals surface area contributed by atoms with Crippen molar-refractivity contribution < 1.29 is 14.3 Å². The van der Waals surface area contributed by atoms with E-state index in [1.807, 2.05) is 24.3 Å². The molecule has 4 nitrogen and oxygen atoms in total. The Morgan fingerprint density at radius 2 is 1.86 bits per heavy atom. The molecule has 0 atom stereocenters. The molecule has 0 spiro atoms. The van der Waals surface area contributed by atoms with Crippen LogP contribution < -0.4 is 0 Å². The fourth-order valence-corrected chi connectivity index (χ4v) is 2.25. The van der Waals surface area contributed by atoms with Crippen LogP contribution in [0.2, 0.25) is 0 Å². The molecule has 0 saturated heterocycles. The molecule has 0 aliphatic rings. The maximum absolute atomic E-state index is 11.2. The molecule has 0 bridgehead atoms. The number of nitrogens with zero attached hydrogens (tertiary/aromatic N) is 1. The SMILES string of the molecule is CC(C)c1ccc(-c2nc3cccc(C(=O)O)c3o2)cc1. The van der Waals surface area contributed by atoms with Crippen molar-refractivity contribution in [2.45, 2.75) is 19.8 Å². The largest absolute Gasteiger partial charge is 0.478 e. The van der Waals surface area contributed by atoms with Crippen molar-refractivity contribution in [3.8, 4) is 11.5 Å². The van der Waals surface area contributed by atoms with Crippen molar-refractivity contribution >= 4 is 17.1 Å². The lowest BCUT2D eigenvalue weighted by atomic mass is 10.0. The number of para-hydroxylation sites is 1. The van der Waals surface area contributed by atoms with Crippen molar-refractivity contribution in [2.75, 3.05) is 0 Å². The molecule has 0 aliphatic heterocycles. The van der Waals surface area contributed by atoms with Gasteiger partial charge in [-0.3, -0.25) is 0 Å². The smallest absolute Gasteiger partial charge is 0.339 e. The predicted octanol–water partition coefficient (Wildman–Crippen LogP) is 4.32. The van der Waals surface area contributed by atoms with Crippen LogP contribution in [-0.4, -0.2) is 16.1 Å². The van der Waals surface area contributed by atoms with Gasteiger partial charge in [-0.1, -0.05) is 32.0 Å². The highest BCUT2D eigenvalue weighted by Crippen LogP contribution is 2.27. The minimum Gasteiger partial charge on any atom is -0.478 e. The first-order chi connectivity index (χ1) is 10.1. The zero-order valence-electron chi connectivity index (χ0n) is 11.8. The van der Waals surface area contributed by atoms with Crippen molar-refractivity contribution in [2.24, 2.45) is 0 Å². The minimum absolute atomic E-state index is 0.130. The highest BCUT2D eigenvalue weighted by molar-refractivity contribution is 6.00. The van der Waals surface area contributed by atoms with E-state index in [1.54, 1.807) is 12.1 Å². The lowest BCUT2D eigenvalue weighted by molar-refractivity contribution is 0.0698. The number of aromatic carboxylic acids is 1. The third kappa shape index (κ3) is 2.40. The van der Waals surface area contributed by atoms with E-state index >= 15 is 0 Å². The molecule has 0 amide bonds. The van der Waals surface area contributed by atoms with Gasteiger partial charge in [0.15, 0.2) is 5.58 Å². The lowest BCUT2D eigenvalue weighted by Gasteiger charge is -2.04. The number of hydrogen-bond donors (Lipinski definition) is 1. The summed E-state index contributed by atoms with van der Waals surface area (Å²) in [5.41, 5.74) is 3.07. The first kappa shape index (κ1) is 13.4. The highest BCUT2D eigenvalue weighted by atomic mass is 16.4. The van der Waals surface area contributed by atoms with Crippen molar-refractivity contribution in [3.63, 3.8) is 0 Å². The number of hydrogen-bond acceptors (Lipinski definition) is 3. The fourth-order valence-electron chi connectivity index (χ4n) is 2.25. The molecule has 106 valence electrons. The Labute approximate surface area is 122 Å². The standard InChI is InChI=1S/C17H15NO3/c1-10(2)11-6-8-12(9-7-11)16-18-14-5-3-4-13(17(19)20)15(14)21-16/h3-10H,1-2H3,(H,19,20). The first-order valence-electron chi connectivity index (χ1n) is 6.79. The predicted molar refractivity (Wildman–Crippen MR) is 80.5 cm³/mol. The van der Waals surface area contributed by atoms with Crippen LogP contribution >= 0.6 is 0 Å². The Kier molecular flexibility index (Phi) is 3.22. The summed E-state index contributed by atoms with van der Waals surface area (Å²) in [5, 5.41) is 9.17. The molecule has 4 heteroatoms. The number of rotatable bonds is 3. The maximum Gasteiger partial charge on any atom is 0.339 e. The Morgan fingerprint density at radius 3 is 2.48 bits per heavy atom. The van der Waals surface area contributed by atoms with Gasteiger partial charge in [0.25, 0.3) is 0 Å². The Hall–Kier alpha value is -2.62. The molecule has 21 heavy (non-hydrogen) atoms. The van der Waals surface area contributed by atoms with Gasteiger partial charge in [0.05, 0.1) is 0 Å². The van der Waals surface area contributed by atoms with Gasteiger partial charge in [-0.15, -0.1) is 0 Å². The average Bonchev–Trinajstić information content (AvgIpc) is 2.90.